The predicted molar refractivity (Wildman–Crippen MR) is 87.4 cm³/mol. The van der Waals surface area contributed by atoms with Gasteiger partial charge < -0.3 is 4.90 Å². The Kier molecular flexibility index (Phi) is 2.96. The smallest absolute Gasteiger partial charge is 0.114 e. The zero-order chi connectivity index (χ0) is 12.9. The van der Waals surface area contributed by atoms with E-state index >= 15 is 0 Å². The summed E-state index contributed by atoms with van der Waals surface area (Å²) in [6.07, 6.45) is 0. The van der Waals surface area contributed by atoms with Gasteiger partial charge in [0.05, 0.1) is 0 Å². The third-order valence-electron chi connectivity index (χ3n) is 3.25. The Bertz CT molecular complexity index is 671. The monoisotopic (exact) mass is 335 g/mol. The third kappa shape index (κ3) is 1.56. The summed E-state index contributed by atoms with van der Waals surface area (Å²) in [7, 11) is 0. The van der Waals surface area contributed by atoms with Crippen LogP contribution in [0.1, 0.15) is 18.1 Å². The quantitative estimate of drug-likeness (QED) is 0.716. The minimum atomic E-state index is 0.809. The summed E-state index contributed by atoms with van der Waals surface area (Å²) < 4.78 is 1.08. The highest BCUT2D eigenvalue weighted by atomic mass is 79.9. The molecule has 0 spiro atoms. The van der Waals surface area contributed by atoms with Crippen LogP contribution in [0.5, 0.6) is 0 Å². The SMILES string of the molecule is CCN1C(=S)c2cccc3c(Br)ccc(c23)C1=S. The summed E-state index contributed by atoms with van der Waals surface area (Å²) in [5, 5.41) is 2.34. The van der Waals surface area contributed by atoms with Crippen molar-refractivity contribution in [3.8, 4) is 0 Å². The molecule has 0 aliphatic carbocycles. The molecule has 0 radical (unpaired) electrons. The van der Waals surface area contributed by atoms with E-state index in [0.717, 1.165) is 32.1 Å². The van der Waals surface area contributed by atoms with E-state index in [9.17, 15) is 0 Å². The number of hydrogen-bond donors (Lipinski definition) is 0. The van der Waals surface area contributed by atoms with Crippen LogP contribution in [-0.4, -0.2) is 21.4 Å². The molecule has 3 rings (SSSR count). The number of hydrogen-bond acceptors (Lipinski definition) is 2. The van der Waals surface area contributed by atoms with Gasteiger partial charge >= 0.3 is 0 Å². The van der Waals surface area contributed by atoms with Crippen molar-refractivity contribution in [1.82, 2.24) is 4.90 Å². The Morgan fingerprint density at radius 2 is 1.72 bits per heavy atom. The van der Waals surface area contributed by atoms with Gasteiger partial charge in [-0.1, -0.05) is 64.6 Å². The van der Waals surface area contributed by atoms with Crippen molar-refractivity contribution in [2.75, 3.05) is 6.54 Å². The summed E-state index contributed by atoms with van der Waals surface area (Å²) >= 11 is 14.7. The standard InChI is InChI=1S/C14H10BrNS2/c1-2-16-13(17)9-5-3-4-8-11(15)7-6-10(12(8)9)14(16)18/h3-7H,2H2,1H3. The highest BCUT2D eigenvalue weighted by Gasteiger charge is 2.26. The lowest BCUT2D eigenvalue weighted by Crippen LogP contribution is -2.38. The second-order valence-electron chi connectivity index (χ2n) is 4.18. The number of thiocarbonyl (C=S) groups is 2. The van der Waals surface area contributed by atoms with Crippen LogP contribution < -0.4 is 0 Å². The molecule has 0 amide bonds. The molecule has 0 N–H and O–H groups in total. The zero-order valence-corrected chi connectivity index (χ0v) is 13.0. The van der Waals surface area contributed by atoms with Crippen molar-refractivity contribution < 1.29 is 0 Å². The predicted octanol–water partition coefficient (Wildman–Crippen LogP) is 4.29. The van der Waals surface area contributed by atoms with Crippen LogP contribution in [-0.2, 0) is 0 Å². The maximum absolute atomic E-state index is 5.56. The van der Waals surface area contributed by atoms with Crippen molar-refractivity contribution in [3.63, 3.8) is 0 Å². The second kappa shape index (κ2) is 4.37. The summed E-state index contributed by atoms with van der Waals surface area (Å²) in [5.41, 5.74) is 2.21. The molecule has 0 unspecified atom stereocenters. The highest BCUT2D eigenvalue weighted by molar-refractivity contribution is 9.10. The molecule has 0 fully saturated rings. The van der Waals surface area contributed by atoms with E-state index in [2.05, 4.69) is 47.1 Å². The molecule has 1 nitrogen and oxygen atoms in total. The van der Waals surface area contributed by atoms with Crippen LogP contribution in [0.2, 0.25) is 0 Å². The van der Waals surface area contributed by atoms with E-state index in [1.165, 1.54) is 10.8 Å². The van der Waals surface area contributed by atoms with Gasteiger partial charge in [-0.2, -0.15) is 0 Å². The normalized spacial score (nSPS) is 14.4. The summed E-state index contributed by atoms with van der Waals surface area (Å²) in [6.45, 7) is 2.88. The van der Waals surface area contributed by atoms with Crippen LogP contribution in [0.25, 0.3) is 10.8 Å². The highest BCUT2D eigenvalue weighted by Crippen LogP contribution is 2.34. The molecule has 1 aliphatic rings. The van der Waals surface area contributed by atoms with Crippen LogP contribution in [0.3, 0.4) is 0 Å². The molecule has 18 heavy (non-hydrogen) atoms. The van der Waals surface area contributed by atoms with Crippen LogP contribution >= 0.6 is 40.4 Å². The first kappa shape index (κ1) is 12.2. The topological polar surface area (TPSA) is 3.24 Å². The molecule has 0 bridgehead atoms. The van der Waals surface area contributed by atoms with Gasteiger partial charge in [0.2, 0.25) is 0 Å². The van der Waals surface area contributed by atoms with Gasteiger partial charge in [0.15, 0.2) is 0 Å². The zero-order valence-electron chi connectivity index (χ0n) is 9.74. The summed E-state index contributed by atoms with van der Waals surface area (Å²) in [4.78, 5) is 3.69. The minimum absolute atomic E-state index is 0.809. The first-order valence-electron chi connectivity index (χ1n) is 5.72. The number of halogens is 1. The van der Waals surface area contributed by atoms with E-state index in [-0.39, 0.29) is 0 Å². The van der Waals surface area contributed by atoms with Gasteiger partial charge in [-0.3, -0.25) is 0 Å². The fourth-order valence-corrected chi connectivity index (χ4v) is 3.70. The Morgan fingerprint density at radius 1 is 1.06 bits per heavy atom. The molecule has 1 heterocycles. The van der Waals surface area contributed by atoms with Crippen molar-refractivity contribution in [2.45, 2.75) is 6.92 Å². The molecule has 0 saturated carbocycles. The average molecular weight is 336 g/mol. The first-order valence-corrected chi connectivity index (χ1v) is 7.33. The Morgan fingerprint density at radius 3 is 2.39 bits per heavy atom. The molecule has 0 atom stereocenters. The van der Waals surface area contributed by atoms with E-state index in [1.54, 1.807) is 0 Å². The van der Waals surface area contributed by atoms with Gasteiger partial charge in [-0.15, -0.1) is 0 Å². The number of benzene rings is 2. The lowest BCUT2D eigenvalue weighted by Gasteiger charge is -2.31. The molecule has 2 aromatic rings. The Hall–Kier alpha value is -0.840. The van der Waals surface area contributed by atoms with Crippen LogP contribution in [0.15, 0.2) is 34.8 Å². The van der Waals surface area contributed by atoms with Crippen molar-refractivity contribution >= 4 is 61.1 Å². The second-order valence-corrected chi connectivity index (χ2v) is 5.81. The molecule has 0 aromatic heterocycles. The minimum Gasteiger partial charge on any atom is -0.323 e. The summed E-state index contributed by atoms with van der Waals surface area (Å²) in [5.74, 6) is 0. The molecular weight excluding hydrogens is 326 g/mol. The fourth-order valence-electron chi connectivity index (χ4n) is 2.40. The van der Waals surface area contributed by atoms with Gasteiger partial charge in [0.1, 0.15) is 9.98 Å². The van der Waals surface area contributed by atoms with Gasteiger partial charge in [0.25, 0.3) is 0 Å². The van der Waals surface area contributed by atoms with E-state index in [4.69, 9.17) is 24.4 Å². The third-order valence-corrected chi connectivity index (χ3v) is 4.83. The van der Waals surface area contributed by atoms with E-state index in [1.807, 2.05) is 11.0 Å². The van der Waals surface area contributed by atoms with Crippen molar-refractivity contribution in [3.05, 3.63) is 45.9 Å². The average Bonchev–Trinajstić information content (AvgIpc) is 2.38. The largest absolute Gasteiger partial charge is 0.323 e. The van der Waals surface area contributed by atoms with Gasteiger partial charge in [0, 0.05) is 27.5 Å². The lowest BCUT2D eigenvalue weighted by atomic mass is 9.95. The molecular formula is C14H10BrNS2. The fraction of sp³-hybridized carbons (Fsp3) is 0.143. The molecule has 4 heteroatoms. The Labute approximate surface area is 125 Å². The summed E-state index contributed by atoms with van der Waals surface area (Å²) in [6, 6.07) is 10.3. The number of nitrogens with zero attached hydrogens (tertiary/aromatic N) is 1. The molecule has 2 aromatic carbocycles. The van der Waals surface area contributed by atoms with Crippen LogP contribution in [0, 0.1) is 0 Å². The maximum Gasteiger partial charge on any atom is 0.114 e. The maximum atomic E-state index is 5.56. The van der Waals surface area contributed by atoms with E-state index in [0.29, 0.717) is 0 Å². The number of rotatable bonds is 1. The Balaban J connectivity index is 2.46. The molecule has 90 valence electrons. The molecule has 0 saturated heterocycles. The lowest BCUT2D eigenvalue weighted by molar-refractivity contribution is 0.667. The first-order chi connectivity index (χ1) is 8.65. The van der Waals surface area contributed by atoms with Crippen LogP contribution in [0.4, 0.5) is 0 Å². The van der Waals surface area contributed by atoms with Crippen molar-refractivity contribution in [2.24, 2.45) is 0 Å². The van der Waals surface area contributed by atoms with Gasteiger partial charge in [-0.05, 0) is 18.4 Å². The van der Waals surface area contributed by atoms with E-state index < -0.39 is 0 Å². The van der Waals surface area contributed by atoms with Gasteiger partial charge in [-0.25, -0.2) is 0 Å². The molecule has 1 aliphatic heterocycles. The van der Waals surface area contributed by atoms with Crippen molar-refractivity contribution in [1.29, 1.82) is 0 Å².